The number of amides is 1. The van der Waals surface area contributed by atoms with E-state index in [1.54, 1.807) is 41.3 Å². The Bertz CT molecular complexity index is 1490. The van der Waals surface area contributed by atoms with Crippen molar-refractivity contribution in [3.63, 3.8) is 0 Å². The van der Waals surface area contributed by atoms with Gasteiger partial charge in [-0.3, -0.25) is 4.79 Å². The molecule has 1 fully saturated rings. The zero-order valence-corrected chi connectivity index (χ0v) is 18.7. The molecule has 1 saturated carbocycles. The van der Waals surface area contributed by atoms with E-state index in [2.05, 4.69) is 19.9 Å². The molecule has 3 aromatic rings. The molecule has 0 bridgehead atoms. The second kappa shape index (κ2) is 6.54. The Hall–Kier alpha value is -3.98. The SMILES string of the molecule is CC(C)[C@]12C[C@]13C(=O)N(Cc1cccc(C(=O)O)c1)c1ccc(F)c(c13)-c1cc(C#N)ccc12. The normalized spacial score (nSPS) is 23.3. The van der Waals surface area contributed by atoms with E-state index < -0.39 is 22.6 Å². The number of carboxylic acids is 1. The number of hydrogen-bond donors (Lipinski definition) is 1. The van der Waals surface area contributed by atoms with Crippen molar-refractivity contribution in [3.8, 4) is 17.2 Å². The van der Waals surface area contributed by atoms with Crippen molar-refractivity contribution in [2.24, 2.45) is 5.92 Å². The summed E-state index contributed by atoms with van der Waals surface area (Å²) in [5, 5.41) is 18.9. The Morgan fingerprint density at radius 1 is 1.21 bits per heavy atom. The monoisotopic (exact) mass is 452 g/mol. The molecule has 6 heteroatoms. The van der Waals surface area contributed by atoms with E-state index in [4.69, 9.17) is 0 Å². The fraction of sp³-hybridized carbons (Fsp3) is 0.250. The highest BCUT2D eigenvalue weighted by molar-refractivity contribution is 6.16. The van der Waals surface area contributed by atoms with Crippen molar-refractivity contribution >= 4 is 17.6 Å². The van der Waals surface area contributed by atoms with Crippen LogP contribution >= 0.6 is 0 Å². The van der Waals surface area contributed by atoms with Gasteiger partial charge in [0.1, 0.15) is 5.82 Å². The van der Waals surface area contributed by atoms with Gasteiger partial charge in [-0.15, -0.1) is 0 Å². The maximum atomic E-state index is 15.4. The first kappa shape index (κ1) is 20.6. The molecule has 2 aliphatic carbocycles. The van der Waals surface area contributed by atoms with Gasteiger partial charge in [0.2, 0.25) is 5.91 Å². The number of fused-ring (bicyclic) bond motifs is 3. The van der Waals surface area contributed by atoms with Crippen molar-refractivity contribution in [1.29, 1.82) is 5.26 Å². The number of hydrogen-bond acceptors (Lipinski definition) is 3. The smallest absolute Gasteiger partial charge is 0.335 e. The van der Waals surface area contributed by atoms with Crippen LogP contribution in [0.25, 0.3) is 11.1 Å². The standard InChI is InChI=1S/C28H21FN2O3/c1-15(2)27-14-28(27)24-22(31(26(28)34)13-17-4-3-5-18(10-17)25(32)33)9-8-21(29)23(24)19-11-16(12-30)6-7-20(19)27/h3-11,15H,13-14H2,1-2H3,(H,32,33)/t27-,28-/m0/s1. The molecule has 1 heterocycles. The minimum atomic E-state index is -1.03. The highest BCUT2D eigenvalue weighted by Crippen LogP contribution is 2.77. The molecule has 5 nitrogen and oxygen atoms in total. The molecule has 3 aliphatic rings. The topological polar surface area (TPSA) is 81.4 Å². The van der Waals surface area contributed by atoms with E-state index in [9.17, 15) is 20.0 Å². The zero-order valence-electron chi connectivity index (χ0n) is 18.7. The average molecular weight is 452 g/mol. The second-order valence-corrected chi connectivity index (χ2v) is 9.79. The molecule has 1 amide bonds. The summed E-state index contributed by atoms with van der Waals surface area (Å²) in [6.45, 7) is 4.38. The van der Waals surface area contributed by atoms with E-state index in [0.29, 0.717) is 39.9 Å². The Morgan fingerprint density at radius 2 is 2.00 bits per heavy atom. The minimum Gasteiger partial charge on any atom is -0.478 e. The molecule has 6 rings (SSSR count). The van der Waals surface area contributed by atoms with Crippen LogP contribution in [0.1, 0.15) is 52.9 Å². The molecule has 1 N–H and O–H groups in total. The number of nitriles is 1. The van der Waals surface area contributed by atoms with E-state index >= 15 is 4.39 Å². The van der Waals surface area contributed by atoms with Crippen LogP contribution in [0.3, 0.4) is 0 Å². The summed E-state index contributed by atoms with van der Waals surface area (Å²) in [5.74, 6) is -1.39. The van der Waals surface area contributed by atoms with E-state index in [1.165, 1.54) is 12.1 Å². The van der Waals surface area contributed by atoms with Crippen LogP contribution in [0.2, 0.25) is 0 Å². The van der Waals surface area contributed by atoms with Gasteiger partial charge in [0, 0.05) is 22.2 Å². The van der Waals surface area contributed by atoms with Crippen LogP contribution in [0.5, 0.6) is 0 Å². The summed E-state index contributed by atoms with van der Waals surface area (Å²) >= 11 is 0. The van der Waals surface area contributed by atoms with Crippen molar-refractivity contribution in [1.82, 2.24) is 0 Å². The molecule has 0 radical (unpaired) electrons. The number of nitrogens with zero attached hydrogens (tertiary/aromatic N) is 2. The Balaban J connectivity index is 1.59. The summed E-state index contributed by atoms with van der Waals surface area (Å²) < 4.78 is 15.4. The van der Waals surface area contributed by atoms with Crippen LogP contribution < -0.4 is 4.90 Å². The summed E-state index contributed by atoms with van der Waals surface area (Å²) in [4.78, 5) is 27.3. The third-order valence-electron chi connectivity index (χ3n) is 8.04. The molecule has 168 valence electrons. The van der Waals surface area contributed by atoms with Crippen molar-refractivity contribution in [3.05, 3.63) is 88.2 Å². The van der Waals surface area contributed by atoms with Gasteiger partial charge in [-0.2, -0.15) is 5.26 Å². The maximum absolute atomic E-state index is 15.4. The van der Waals surface area contributed by atoms with Crippen LogP contribution in [0.15, 0.2) is 54.6 Å². The molecule has 34 heavy (non-hydrogen) atoms. The second-order valence-electron chi connectivity index (χ2n) is 9.79. The minimum absolute atomic E-state index is 0.0706. The van der Waals surface area contributed by atoms with Gasteiger partial charge in [0.05, 0.1) is 29.2 Å². The number of benzene rings is 3. The molecule has 0 aromatic heterocycles. The van der Waals surface area contributed by atoms with Gasteiger partial charge in [-0.1, -0.05) is 32.0 Å². The van der Waals surface area contributed by atoms with Gasteiger partial charge in [0.15, 0.2) is 0 Å². The number of anilines is 1. The molecule has 0 saturated heterocycles. The summed E-state index contributed by atoms with van der Waals surface area (Å²) in [6.07, 6.45) is 0.588. The van der Waals surface area contributed by atoms with E-state index in [0.717, 1.165) is 5.56 Å². The molecular weight excluding hydrogens is 431 g/mol. The summed E-state index contributed by atoms with van der Waals surface area (Å²) in [7, 11) is 0. The highest BCUT2D eigenvalue weighted by Gasteiger charge is 2.80. The van der Waals surface area contributed by atoms with Crippen molar-refractivity contribution in [2.75, 3.05) is 4.90 Å². The Kier molecular flexibility index (Phi) is 3.97. The first-order valence-corrected chi connectivity index (χ1v) is 11.3. The van der Waals surface area contributed by atoms with Crippen molar-refractivity contribution < 1.29 is 19.1 Å². The van der Waals surface area contributed by atoms with E-state index in [-0.39, 0.29) is 23.9 Å². The third kappa shape index (κ3) is 2.27. The quantitative estimate of drug-likeness (QED) is 0.593. The largest absolute Gasteiger partial charge is 0.478 e. The lowest BCUT2D eigenvalue weighted by Gasteiger charge is -2.34. The lowest BCUT2D eigenvalue weighted by molar-refractivity contribution is -0.121. The number of carbonyl (C=O) groups is 2. The van der Waals surface area contributed by atoms with Crippen LogP contribution in [-0.4, -0.2) is 17.0 Å². The number of rotatable bonds is 4. The van der Waals surface area contributed by atoms with Gasteiger partial charge >= 0.3 is 5.97 Å². The average Bonchev–Trinajstić information content (AvgIpc) is 3.50. The summed E-state index contributed by atoms with van der Waals surface area (Å²) in [5.41, 5.74) is 3.39. The lowest BCUT2D eigenvalue weighted by atomic mass is 9.67. The molecule has 1 spiro atoms. The third-order valence-corrected chi connectivity index (χ3v) is 8.04. The molecule has 3 aromatic carbocycles. The predicted molar refractivity (Wildman–Crippen MR) is 124 cm³/mol. The fourth-order valence-electron chi connectivity index (χ4n) is 6.57. The first-order valence-electron chi connectivity index (χ1n) is 11.3. The zero-order chi connectivity index (χ0) is 24.0. The van der Waals surface area contributed by atoms with Gasteiger partial charge in [-0.25, -0.2) is 9.18 Å². The highest BCUT2D eigenvalue weighted by atomic mass is 19.1. The fourth-order valence-corrected chi connectivity index (χ4v) is 6.57. The Labute approximate surface area is 196 Å². The number of halogens is 1. The molecule has 2 atom stereocenters. The van der Waals surface area contributed by atoms with Crippen molar-refractivity contribution in [2.45, 2.75) is 37.6 Å². The van der Waals surface area contributed by atoms with Gasteiger partial charge < -0.3 is 10.0 Å². The van der Waals surface area contributed by atoms with Gasteiger partial charge in [0.25, 0.3) is 0 Å². The van der Waals surface area contributed by atoms with Crippen LogP contribution in [0, 0.1) is 23.1 Å². The predicted octanol–water partition coefficient (Wildman–Crippen LogP) is 5.16. The lowest BCUT2D eigenvalue weighted by Crippen LogP contribution is -2.39. The van der Waals surface area contributed by atoms with Crippen LogP contribution in [0.4, 0.5) is 10.1 Å². The van der Waals surface area contributed by atoms with Gasteiger partial charge in [-0.05, 0) is 65.4 Å². The number of carbonyl (C=O) groups excluding carboxylic acids is 1. The molecule has 0 unspecified atom stereocenters. The number of aromatic carboxylic acids is 1. The summed E-state index contributed by atoms with van der Waals surface area (Å²) in [6, 6.07) is 17.1. The number of carboxylic acid groups (broad SMARTS) is 1. The molecule has 1 aliphatic heterocycles. The van der Waals surface area contributed by atoms with E-state index in [1.807, 2.05) is 6.07 Å². The van der Waals surface area contributed by atoms with Crippen LogP contribution in [-0.2, 0) is 22.2 Å². The molecular formula is C28H21FN2O3. The maximum Gasteiger partial charge on any atom is 0.335 e. The Morgan fingerprint density at radius 3 is 2.71 bits per heavy atom. The first-order chi connectivity index (χ1) is 16.3.